The number of aliphatic hydroxyl groups excluding tert-OH is 1. The molecular weight excluding hydrogens is 350 g/mol. The number of rotatable bonds is 5. The Morgan fingerprint density at radius 1 is 1.22 bits per heavy atom. The molecule has 5 atom stereocenters. The minimum Gasteiger partial charge on any atom is -0.395 e. The zero-order chi connectivity index (χ0) is 19.2. The van der Waals surface area contributed by atoms with Crippen molar-refractivity contribution < 1.29 is 24.2 Å². The lowest BCUT2D eigenvalue weighted by Crippen LogP contribution is -2.57. The molecule has 4 rings (SSSR count). The van der Waals surface area contributed by atoms with E-state index in [2.05, 4.69) is 10.6 Å². The molecule has 1 aliphatic carbocycles. The van der Waals surface area contributed by atoms with Crippen LogP contribution in [0.25, 0.3) is 0 Å². The van der Waals surface area contributed by atoms with E-state index in [4.69, 9.17) is 4.74 Å². The molecule has 0 radical (unpaired) electrons. The third-order valence-corrected chi connectivity index (χ3v) is 6.89. The predicted octanol–water partition coefficient (Wildman–Crippen LogP) is -0.452. The summed E-state index contributed by atoms with van der Waals surface area (Å²) in [5.74, 6) is -1.87. The van der Waals surface area contributed by atoms with Crippen molar-refractivity contribution in [2.45, 2.75) is 68.7 Å². The molecule has 4 aliphatic rings. The predicted molar refractivity (Wildman–Crippen MR) is 95.5 cm³/mol. The Labute approximate surface area is 159 Å². The largest absolute Gasteiger partial charge is 0.395 e. The summed E-state index contributed by atoms with van der Waals surface area (Å²) in [6.07, 6.45) is 6.23. The molecule has 3 N–H and O–H groups in total. The summed E-state index contributed by atoms with van der Waals surface area (Å²) in [4.78, 5) is 40.3. The molecule has 3 saturated heterocycles. The van der Waals surface area contributed by atoms with Crippen LogP contribution in [0.15, 0.2) is 0 Å². The van der Waals surface area contributed by atoms with Gasteiger partial charge in [-0.05, 0) is 25.7 Å². The third-order valence-electron chi connectivity index (χ3n) is 6.89. The molecule has 3 aliphatic heterocycles. The molecule has 2 unspecified atom stereocenters. The fraction of sp³-hybridized carbons (Fsp3) is 0.842. The van der Waals surface area contributed by atoms with Crippen LogP contribution in [-0.2, 0) is 19.1 Å². The number of nitrogens with one attached hydrogen (secondary N) is 2. The Bertz CT molecular complexity index is 635. The van der Waals surface area contributed by atoms with Gasteiger partial charge in [0.2, 0.25) is 17.7 Å². The van der Waals surface area contributed by atoms with Gasteiger partial charge in [0.25, 0.3) is 0 Å². The molecule has 1 spiro atoms. The lowest BCUT2D eigenvalue weighted by atomic mass is 9.70. The number of likely N-dealkylation sites (tertiary alicyclic amines) is 1. The maximum Gasteiger partial charge on any atom is 0.246 e. The number of aliphatic hydroxyl groups is 1. The second-order valence-electron chi connectivity index (χ2n) is 8.27. The summed E-state index contributed by atoms with van der Waals surface area (Å²) >= 11 is 0. The molecule has 4 fully saturated rings. The Kier molecular flexibility index (Phi) is 4.88. The van der Waals surface area contributed by atoms with E-state index in [1.54, 1.807) is 7.05 Å². The third kappa shape index (κ3) is 2.76. The number of ether oxygens (including phenoxy) is 1. The van der Waals surface area contributed by atoms with Crippen LogP contribution in [0.3, 0.4) is 0 Å². The SMILES string of the molecule is CNC(=O)[C@@H]1[C@@H]2CCC3(O2)C(C(=O)NC2CCCCC2)N(CCO)C(=O)[C@H]13. The number of nitrogens with zero attached hydrogens (tertiary/aromatic N) is 1. The first-order valence-corrected chi connectivity index (χ1v) is 10.1. The van der Waals surface area contributed by atoms with Crippen LogP contribution in [0.5, 0.6) is 0 Å². The fourth-order valence-corrected chi connectivity index (χ4v) is 5.80. The molecule has 8 nitrogen and oxygen atoms in total. The van der Waals surface area contributed by atoms with Crippen LogP contribution < -0.4 is 10.6 Å². The van der Waals surface area contributed by atoms with Gasteiger partial charge >= 0.3 is 0 Å². The molecule has 3 amide bonds. The summed E-state index contributed by atoms with van der Waals surface area (Å²) < 4.78 is 6.22. The number of hydrogen-bond donors (Lipinski definition) is 3. The second-order valence-corrected chi connectivity index (χ2v) is 8.27. The van der Waals surface area contributed by atoms with Gasteiger partial charge in [-0.1, -0.05) is 19.3 Å². The van der Waals surface area contributed by atoms with Gasteiger partial charge in [0.1, 0.15) is 11.6 Å². The molecular formula is C19H29N3O5. The van der Waals surface area contributed by atoms with Crippen LogP contribution >= 0.6 is 0 Å². The van der Waals surface area contributed by atoms with Crippen molar-refractivity contribution in [3.05, 3.63) is 0 Å². The fourth-order valence-electron chi connectivity index (χ4n) is 5.80. The van der Waals surface area contributed by atoms with Gasteiger partial charge in [0.05, 0.1) is 24.5 Å². The summed E-state index contributed by atoms with van der Waals surface area (Å²) in [6.45, 7) is -0.149. The lowest BCUT2D eigenvalue weighted by molar-refractivity contribution is -0.142. The smallest absolute Gasteiger partial charge is 0.246 e. The van der Waals surface area contributed by atoms with Gasteiger partial charge < -0.3 is 25.4 Å². The lowest BCUT2D eigenvalue weighted by Gasteiger charge is -2.35. The minimum absolute atomic E-state index is 0.0777. The highest BCUT2D eigenvalue weighted by molar-refractivity contribution is 5.98. The monoisotopic (exact) mass is 379 g/mol. The van der Waals surface area contributed by atoms with Gasteiger partial charge in [-0.15, -0.1) is 0 Å². The highest BCUT2D eigenvalue weighted by Crippen LogP contribution is 2.58. The van der Waals surface area contributed by atoms with Crippen LogP contribution in [0.2, 0.25) is 0 Å². The number of β-amino-alcohol motifs (C(OH)–C–C–N with tert-alkyl or cyclic N) is 1. The van der Waals surface area contributed by atoms with Crippen molar-refractivity contribution in [1.82, 2.24) is 15.5 Å². The quantitative estimate of drug-likeness (QED) is 0.600. The van der Waals surface area contributed by atoms with E-state index in [0.29, 0.717) is 12.8 Å². The first kappa shape index (κ1) is 18.7. The maximum absolute atomic E-state index is 13.2. The highest BCUT2D eigenvalue weighted by atomic mass is 16.5. The van der Waals surface area contributed by atoms with Crippen molar-refractivity contribution in [2.75, 3.05) is 20.2 Å². The van der Waals surface area contributed by atoms with Crippen molar-refractivity contribution in [3.8, 4) is 0 Å². The second kappa shape index (κ2) is 7.05. The van der Waals surface area contributed by atoms with Crippen LogP contribution in [-0.4, -0.2) is 71.7 Å². The van der Waals surface area contributed by atoms with E-state index in [0.717, 1.165) is 25.7 Å². The highest BCUT2D eigenvalue weighted by Gasteiger charge is 2.74. The van der Waals surface area contributed by atoms with Crippen molar-refractivity contribution in [1.29, 1.82) is 0 Å². The van der Waals surface area contributed by atoms with Crippen molar-refractivity contribution in [2.24, 2.45) is 11.8 Å². The standard InChI is InChI=1S/C19H29N3O5/c1-20-16(24)13-12-7-8-19(27-12)14(13)18(26)22(9-10-23)15(19)17(25)21-11-5-3-2-4-6-11/h11-15,23H,2-10H2,1H3,(H,20,24)(H,21,25)/t12-,13+,14-,15?,19?/m0/s1. The maximum atomic E-state index is 13.2. The van der Waals surface area contributed by atoms with Gasteiger partial charge in [-0.2, -0.15) is 0 Å². The zero-order valence-corrected chi connectivity index (χ0v) is 15.8. The van der Waals surface area contributed by atoms with Crippen molar-refractivity contribution >= 4 is 17.7 Å². The summed E-state index contributed by atoms with van der Waals surface area (Å²) in [6, 6.07) is -0.648. The topological polar surface area (TPSA) is 108 Å². The average Bonchev–Trinajstić information content (AvgIpc) is 3.30. The van der Waals surface area contributed by atoms with E-state index < -0.39 is 23.5 Å². The first-order chi connectivity index (χ1) is 13.0. The number of carbonyl (C=O) groups is 3. The van der Waals surface area contributed by atoms with Gasteiger partial charge in [-0.3, -0.25) is 14.4 Å². The van der Waals surface area contributed by atoms with Gasteiger partial charge in [0, 0.05) is 19.6 Å². The van der Waals surface area contributed by atoms with E-state index in [1.165, 1.54) is 11.3 Å². The van der Waals surface area contributed by atoms with Gasteiger partial charge in [-0.25, -0.2) is 0 Å². The normalized spacial score (nSPS) is 38.1. The van der Waals surface area contributed by atoms with E-state index in [1.807, 2.05) is 0 Å². The van der Waals surface area contributed by atoms with Gasteiger partial charge in [0.15, 0.2) is 0 Å². The van der Waals surface area contributed by atoms with E-state index >= 15 is 0 Å². The molecule has 8 heteroatoms. The molecule has 150 valence electrons. The minimum atomic E-state index is -0.952. The Hall–Kier alpha value is -1.67. The Morgan fingerprint density at radius 3 is 2.63 bits per heavy atom. The Balaban J connectivity index is 1.63. The van der Waals surface area contributed by atoms with Crippen LogP contribution in [0.4, 0.5) is 0 Å². The molecule has 2 bridgehead atoms. The molecule has 3 heterocycles. The molecule has 0 aromatic heterocycles. The number of fused-ring (bicyclic) bond motifs is 1. The average molecular weight is 379 g/mol. The summed E-state index contributed by atoms with van der Waals surface area (Å²) in [7, 11) is 1.55. The molecule has 0 aromatic rings. The first-order valence-electron chi connectivity index (χ1n) is 10.1. The van der Waals surface area contributed by atoms with Crippen LogP contribution in [0, 0.1) is 11.8 Å². The summed E-state index contributed by atoms with van der Waals surface area (Å²) in [5.41, 5.74) is -0.952. The number of carbonyl (C=O) groups excluding carboxylic acids is 3. The van der Waals surface area contributed by atoms with Crippen LogP contribution in [0.1, 0.15) is 44.9 Å². The Morgan fingerprint density at radius 2 is 1.96 bits per heavy atom. The number of hydrogen-bond acceptors (Lipinski definition) is 5. The molecule has 27 heavy (non-hydrogen) atoms. The summed E-state index contributed by atoms with van der Waals surface area (Å²) in [5, 5.41) is 15.2. The molecule has 0 aromatic carbocycles. The zero-order valence-electron chi connectivity index (χ0n) is 15.8. The number of amides is 3. The van der Waals surface area contributed by atoms with E-state index in [-0.39, 0.29) is 43.0 Å². The molecule has 1 saturated carbocycles. The van der Waals surface area contributed by atoms with E-state index in [9.17, 15) is 19.5 Å². The van der Waals surface area contributed by atoms with Crippen molar-refractivity contribution in [3.63, 3.8) is 0 Å².